The van der Waals surface area contributed by atoms with Crippen LogP contribution in [0.5, 0.6) is 5.75 Å². The lowest BCUT2D eigenvalue weighted by Crippen LogP contribution is -1.98. The van der Waals surface area contributed by atoms with Crippen molar-refractivity contribution in [2.45, 2.75) is 4.90 Å². The quantitative estimate of drug-likeness (QED) is 0.938. The lowest BCUT2D eigenvalue weighted by molar-refractivity contribution is 0.0696. The van der Waals surface area contributed by atoms with E-state index < -0.39 is 15.8 Å². The van der Waals surface area contributed by atoms with Crippen molar-refractivity contribution in [3.8, 4) is 16.9 Å². The van der Waals surface area contributed by atoms with E-state index in [1.807, 2.05) is 0 Å². The summed E-state index contributed by atoms with van der Waals surface area (Å²) in [5, 5.41) is 9.09. The van der Waals surface area contributed by atoms with Gasteiger partial charge in [0.1, 0.15) is 5.75 Å². The summed E-state index contributed by atoms with van der Waals surface area (Å²) in [5.74, 6) is -0.625. The molecule has 0 saturated heterocycles. The fourth-order valence-corrected chi connectivity index (χ4v) is 2.53. The topological polar surface area (TPSA) is 80.7 Å². The van der Waals surface area contributed by atoms with Crippen LogP contribution < -0.4 is 4.74 Å². The molecule has 110 valence electrons. The second-order valence-corrected chi connectivity index (χ2v) is 6.57. The van der Waals surface area contributed by atoms with Gasteiger partial charge < -0.3 is 9.84 Å². The van der Waals surface area contributed by atoms with Gasteiger partial charge in [-0.3, -0.25) is 0 Å². The number of rotatable bonds is 4. The predicted molar refractivity (Wildman–Crippen MR) is 78.5 cm³/mol. The second-order valence-electron chi connectivity index (χ2n) is 4.55. The minimum absolute atomic E-state index is 0.108. The highest BCUT2D eigenvalue weighted by molar-refractivity contribution is 7.90. The van der Waals surface area contributed by atoms with E-state index >= 15 is 0 Å². The Balaban J connectivity index is 2.51. The van der Waals surface area contributed by atoms with Crippen molar-refractivity contribution < 1.29 is 23.1 Å². The zero-order chi connectivity index (χ0) is 15.6. The maximum absolute atomic E-state index is 11.4. The third-order valence-corrected chi connectivity index (χ3v) is 4.13. The SMILES string of the molecule is COc1cc(C(=O)O)cc(-c2ccc(S(C)(=O)=O)cc2)c1. The van der Waals surface area contributed by atoms with E-state index in [-0.39, 0.29) is 10.5 Å². The largest absolute Gasteiger partial charge is 0.497 e. The summed E-state index contributed by atoms with van der Waals surface area (Å²) in [6, 6.07) is 10.9. The number of benzene rings is 2. The Morgan fingerprint density at radius 1 is 1.05 bits per heavy atom. The molecule has 0 saturated carbocycles. The highest BCUT2D eigenvalue weighted by Gasteiger charge is 2.10. The Morgan fingerprint density at radius 2 is 1.67 bits per heavy atom. The van der Waals surface area contributed by atoms with Crippen molar-refractivity contribution >= 4 is 15.8 Å². The van der Waals surface area contributed by atoms with Crippen molar-refractivity contribution in [2.24, 2.45) is 0 Å². The molecule has 0 aliphatic heterocycles. The van der Waals surface area contributed by atoms with Crippen LogP contribution in [0.15, 0.2) is 47.4 Å². The minimum atomic E-state index is -3.26. The Labute approximate surface area is 122 Å². The third-order valence-electron chi connectivity index (χ3n) is 3.00. The van der Waals surface area contributed by atoms with Gasteiger partial charge in [0.2, 0.25) is 0 Å². The summed E-state index contributed by atoms with van der Waals surface area (Å²) in [6.45, 7) is 0. The number of hydrogen-bond acceptors (Lipinski definition) is 4. The second kappa shape index (κ2) is 5.57. The summed E-state index contributed by atoms with van der Waals surface area (Å²) < 4.78 is 27.9. The molecule has 0 fully saturated rings. The van der Waals surface area contributed by atoms with Crippen LogP contribution in [0.1, 0.15) is 10.4 Å². The summed E-state index contributed by atoms with van der Waals surface area (Å²) in [7, 11) is -1.80. The van der Waals surface area contributed by atoms with Gasteiger partial charge in [0.05, 0.1) is 17.6 Å². The summed E-state index contributed by atoms with van der Waals surface area (Å²) >= 11 is 0. The lowest BCUT2D eigenvalue weighted by Gasteiger charge is -2.08. The first kappa shape index (κ1) is 15.1. The molecule has 2 aromatic carbocycles. The molecular formula is C15H14O5S. The Kier molecular flexibility index (Phi) is 3.99. The molecule has 1 N–H and O–H groups in total. The fourth-order valence-electron chi connectivity index (χ4n) is 1.90. The summed E-state index contributed by atoms with van der Waals surface area (Å²) in [5.41, 5.74) is 1.46. The van der Waals surface area contributed by atoms with Crippen LogP contribution in [-0.4, -0.2) is 32.9 Å². The van der Waals surface area contributed by atoms with E-state index in [2.05, 4.69) is 0 Å². The number of ether oxygens (including phenoxy) is 1. The van der Waals surface area contributed by atoms with Gasteiger partial charge in [-0.2, -0.15) is 0 Å². The van der Waals surface area contributed by atoms with Crippen LogP contribution in [0.3, 0.4) is 0 Å². The summed E-state index contributed by atoms with van der Waals surface area (Å²) in [4.78, 5) is 11.3. The molecule has 0 spiro atoms. The monoisotopic (exact) mass is 306 g/mol. The molecule has 0 heterocycles. The van der Waals surface area contributed by atoms with Crippen molar-refractivity contribution in [2.75, 3.05) is 13.4 Å². The number of carboxylic acid groups (broad SMARTS) is 1. The maximum atomic E-state index is 11.4. The molecule has 5 nitrogen and oxygen atoms in total. The normalized spacial score (nSPS) is 11.1. The molecule has 2 aromatic rings. The van der Waals surface area contributed by atoms with Gasteiger partial charge in [0.15, 0.2) is 9.84 Å². The number of aromatic carboxylic acids is 1. The van der Waals surface area contributed by atoms with E-state index in [0.29, 0.717) is 16.9 Å². The molecule has 0 aliphatic rings. The Morgan fingerprint density at radius 3 is 2.14 bits per heavy atom. The van der Waals surface area contributed by atoms with Crippen LogP contribution in [0.4, 0.5) is 0 Å². The predicted octanol–water partition coefficient (Wildman–Crippen LogP) is 2.46. The van der Waals surface area contributed by atoms with Gasteiger partial charge >= 0.3 is 5.97 Å². The van der Waals surface area contributed by atoms with E-state index in [0.717, 1.165) is 6.26 Å². The molecule has 2 rings (SSSR count). The van der Waals surface area contributed by atoms with Gasteiger partial charge in [-0.15, -0.1) is 0 Å². The standard InChI is InChI=1S/C15H14O5S/c1-20-13-8-11(7-12(9-13)15(16)17)10-3-5-14(6-4-10)21(2,18)19/h3-9H,1-2H3,(H,16,17). The molecule has 0 bridgehead atoms. The van der Waals surface area contributed by atoms with Crippen LogP contribution >= 0.6 is 0 Å². The van der Waals surface area contributed by atoms with Crippen LogP contribution in [-0.2, 0) is 9.84 Å². The number of carboxylic acids is 1. The van der Waals surface area contributed by atoms with Crippen molar-refractivity contribution in [1.29, 1.82) is 0 Å². The van der Waals surface area contributed by atoms with Crippen LogP contribution in [0.2, 0.25) is 0 Å². The number of hydrogen-bond donors (Lipinski definition) is 1. The molecule has 0 aliphatic carbocycles. The smallest absolute Gasteiger partial charge is 0.335 e. The Bertz CT molecular complexity index is 776. The van der Waals surface area contributed by atoms with E-state index in [1.54, 1.807) is 18.2 Å². The number of carbonyl (C=O) groups is 1. The van der Waals surface area contributed by atoms with Crippen molar-refractivity contribution in [1.82, 2.24) is 0 Å². The van der Waals surface area contributed by atoms with E-state index in [9.17, 15) is 13.2 Å². The average Bonchev–Trinajstić information content (AvgIpc) is 2.46. The van der Waals surface area contributed by atoms with Crippen molar-refractivity contribution in [3.63, 3.8) is 0 Å². The van der Waals surface area contributed by atoms with Crippen molar-refractivity contribution in [3.05, 3.63) is 48.0 Å². The zero-order valence-electron chi connectivity index (χ0n) is 11.5. The van der Waals surface area contributed by atoms with Crippen LogP contribution in [0.25, 0.3) is 11.1 Å². The molecule has 0 atom stereocenters. The van der Waals surface area contributed by atoms with Gasteiger partial charge in [0.25, 0.3) is 0 Å². The molecule has 0 aromatic heterocycles. The molecule has 21 heavy (non-hydrogen) atoms. The van der Waals surface area contributed by atoms with Crippen LogP contribution in [0, 0.1) is 0 Å². The lowest BCUT2D eigenvalue weighted by atomic mass is 10.0. The molecule has 6 heteroatoms. The molecular weight excluding hydrogens is 292 g/mol. The molecule has 0 radical (unpaired) electrons. The zero-order valence-corrected chi connectivity index (χ0v) is 12.3. The third kappa shape index (κ3) is 3.41. The fraction of sp³-hybridized carbons (Fsp3) is 0.133. The number of sulfone groups is 1. The Hall–Kier alpha value is -2.34. The van der Waals surface area contributed by atoms with Gasteiger partial charge in [-0.1, -0.05) is 12.1 Å². The van der Waals surface area contributed by atoms with Gasteiger partial charge in [0, 0.05) is 6.26 Å². The van der Waals surface area contributed by atoms with Gasteiger partial charge in [-0.05, 0) is 41.5 Å². The first-order valence-corrected chi connectivity index (χ1v) is 7.93. The molecule has 0 unspecified atom stereocenters. The van der Waals surface area contributed by atoms with E-state index in [4.69, 9.17) is 9.84 Å². The highest BCUT2D eigenvalue weighted by Crippen LogP contribution is 2.27. The summed E-state index contributed by atoms with van der Waals surface area (Å²) in [6.07, 6.45) is 1.14. The maximum Gasteiger partial charge on any atom is 0.335 e. The highest BCUT2D eigenvalue weighted by atomic mass is 32.2. The van der Waals surface area contributed by atoms with E-state index in [1.165, 1.54) is 31.4 Å². The molecule has 0 amide bonds. The first-order chi connectivity index (χ1) is 9.81. The average molecular weight is 306 g/mol. The first-order valence-electron chi connectivity index (χ1n) is 6.04. The minimum Gasteiger partial charge on any atom is -0.497 e. The van der Waals surface area contributed by atoms with Gasteiger partial charge in [-0.25, -0.2) is 13.2 Å². The number of methoxy groups -OCH3 is 1.